The van der Waals surface area contributed by atoms with Crippen LogP contribution in [-0.2, 0) is 4.57 Å². The highest BCUT2D eigenvalue weighted by molar-refractivity contribution is 7.86. The van der Waals surface area contributed by atoms with E-state index in [0.29, 0.717) is 0 Å². The number of rotatable bonds is 4. The van der Waals surface area contributed by atoms with Crippen molar-refractivity contribution in [2.45, 2.75) is 0 Å². The molecule has 1 aromatic heterocycles. The molecule has 49 heavy (non-hydrogen) atoms. The molecule has 1 atom stereocenters. The largest absolute Gasteiger partial charge is 0.308 e. The molecule has 9 aromatic rings. The molecule has 0 amide bonds. The smallest absolute Gasteiger partial charge is 0.175 e. The number of fused-ring (bicyclic) bond motifs is 5. The highest BCUT2D eigenvalue weighted by Crippen LogP contribution is 2.52. The summed E-state index contributed by atoms with van der Waals surface area (Å²) in [6, 6.07) is 61.0. The molecule has 1 aliphatic heterocycles. The van der Waals surface area contributed by atoms with E-state index in [0.717, 1.165) is 60.7 Å². The molecule has 0 N–H and O–H groups in total. The highest BCUT2D eigenvalue weighted by atomic mass is 31.2. The summed E-state index contributed by atoms with van der Waals surface area (Å²) in [7, 11) is -3.34. The molecule has 4 heteroatoms. The van der Waals surface area contributed by atoms with Gasteiger partial charge in [0.2, 0.25) is 0 Å². The van der Waals surface area contributed by atoms with Crippen molar-refractivity contribution < 1.29 is 4.57 Å². The molecule has 0 bridgehead atoms. The molecule has 0 spiro atoms. The fourth-order valence-corrected chi connectivity index (χ4v) is 11.0. The third-order valence-corrected chi connectivity index (χ3v) is 13.2. The molecule has 0 saturated carbocycles. The average molecular weight is 645 g/mol. The summed E-state index contributed by atoms with van der Waals surface area (Å²) in [6.45, 7) is 0. The number of benzene rings is 8. The Kier molecular flexibility index (Phi) is 6.15. The Morgan fingerprint density at radius 1 is 0.490 bits per heavy atom. The Hall–Kier alpha value is -6.02. The zero-order valence-corrected chi connectivity index (χ0v) is 27.4. The minimum atomic E-state index is -3.34. The van der Waals surface area contributed by atoms with Gasteiger partial charge in [-0.05, 0) is 68.1 Å². The van der Waals surface area contributed by atoms with Gasteiger partial charge in [0, 0.05) is 16.2 Å². The van der Waals surface area contributed by atoms with Gasteiger partial charge in [-0.25, -0.2) is 4.98 Å². The van der Waals surface area contributed by atoms with E-state index in [1.54, 1.807) is 0 Å². The summed E-state index contributed by atoms with van der Waals surface area (Å²) >= 11 is 0. The van der Waals surface area contributed by atoms with Crippen LogP contribution in [0.1, 0.15) is 0 Å². The summed E-state index contributed by atoms with van der Waals surface area (Å²) in [4.78, 5) is 5.15. The van der Waals surface area contributed by atoms with Gasteiger partial charge in [-0.2, -0.15) is 0 Å². The lowest BCUT2D eigenvalue weighted by atomic mass is 9.92. The number of aromatic nitrogens is 2. The van der Waals surface area contributed by atoms with Crippen molar-refractivity contribution in [2.75, 3.05) is 0 Å². The lowest BCUT2D eigenvalue weighted by Gasteiger charge is -2.31. The molecule has 3 nitrogen and oxygen atoms in total. The normalized spacial score (nSPS) is 15.1. The molecule has 2 heterocycles. The number of hydrogen-bond acceptors (Lipinski definition) is 2. The van der Waals surface area contributed by atoms with Crippen molar-refractivity contribution in [1.82, 2.24) is 9.55 Å². The van der Waals surface area contributed by atoms with Crippen LogP contribution in [0.5, 0.6) is 0 Å². The maximum atomic E-state index is 16.1. The van der Waals surface area contributed by atoms with Gasteiger partial charge in [-0.15, -0.1) is 0 Å². The molecule has 0 fully saturated rings. The van der Waals surface area contributed by atoms with Crippen molar-refractivity contribution in [2.24, 2.45) is 0 Å². The minimum Gasteiger partial charge on any atom is -0.308 e. The molecular weight excluding hydrogens is 615 g/mol. The fraction of sp³-hybridized carbons (Fsp3) is 0. The maximum Gasteiger partial charge on any atom is 0.175 e. The molecule has 0 saturated heterocycles. The third kappa shape index (κ3) is 4.10. The maximum absolute atomic E-state index is 16.1. The van der Waals surface area contributed by atoms with Gasteiger partial charge < -0.3 is 4.57 Å². The van der Waals surface area contributed by atoms with Gasteiger partial charge in [0.15, 0.2) is 7.14 Å². The lowest BCUT2D eigenvalue weighted by molar-refractivity contribution is 0.592. The molecule has 1 aliphatic rings. The molecule has 0 aliphatic carbocycles. The summed E-state index contributed by atoms with van der Waals surface area (Å²) in [5, 5.41) is 7.46. The van der Waals surface area contributed by atoms with E-state index < -0.39 is 7.14 Å². The van der Waals surface area contributed by atoms with E-state index in [1.807, 2.05) is 66.7 Å². The lowest BCUT2D eigenvalue weighted by Crippen LogP contribution is -2.34. The van der Waals surface area contributed by atoms with Crippen LogP contribution in [0.4, 0.5) is 0 Å². The Morgan fingerprint density at radius 2 is 1.12 bits per heavy atom. The summed E-state index contributed by atoms with van der Waals surface area (Å²) in [6.07, 6.45) is 0. The highest BCUT2D eigenvalue weighted by Gasteiger charge is 2.41. The second kappa shape index (κ2) is 10.8. The molecule has 230 valence electrons. The predicted molar refractivity (Wildman–Crippen MR) is 205 cm³/mol. The first-order valence-electron chi connectivity index (χ1n) is 16.6. The third-order valence-electron chi connectivity index (χ3n) is 9.99. The average Bonchev–Trinajstić information content (AvgIpc) is 3.58. The standard InChI is InChI=1S/C45H29N2OP/c48-49(34-16-5-2-6-17-34)42-24-12-22-40-43(42)47(45(46-40)32-13-3-1-4-14-32)41-23-11-21-36(44(41)49)30-25-27-31(28-26-30)39-29-33-15-7-8-18-35(33)37-19-9-10-20-38(37)39/h1-29H. The minimum absolute atomic E-state index is 0.823. The first kappa shape index (κ1) is 28.0. The van der Waals surface area contributed by atoms with E-state index in [-0.39, 0.29) is 0 Å². The quantitative estimate of drug-likeness (QED) is 0.141. The summed E-state index contributed by atoms with van der Waals surface area (Å²) in [5.74, 6) is 0.847. The van der Waals surface area contributed by atoms with Crippen LogP contribution in [0.2, 0.25) is 0 Å². The van der Waals surface area contributed by atoms with Crippen molar-refractivity contribution >= 4 is 55.6 Å². The molecule has 1 unspecified atom stereocenters. The Morgan fingerprint density at radius 3 is 1.90 bits per heavy atom. The van der Waals surface area contributed by atoms with Gasteiger partial charge in [0.1, 0.15) is 5.82 Å². The van der Waals surface area contributed by atoms with Gasteiger partial charge in [-0.3, -0.25) is 4.57 Å². The van der Waals surface area contributed by atoms with Crippen LogP contribution in [-0.4, -0.2) is 9.55 Å². The number of nitrogens with zero attached hydrogens (tertiary/aromatic N) is 2. The van der Waals surface area contributed by atoms with Crippen molar-refractivity contribution in [1.29, 1.82) is 0 Å². The number of para-hydroxylation sites is 1. The summed E-state index contributed by atoms with van der Waals surface area (Å²) < 4.78 is 18.4. The Bertz CT molecular complexity index is 2780. The van der Waals surface area contributed by atoms with E-state index in [1.165, 1.54) is 27.1 Å². The van der Waals surface area contributed by atoms with Gasteiger partial charge in [0.05, 0.1) is 22.0 Å². The van der Waals surface area contributed by atoms with Gasteiger partial charge in [0.25, 0.3) is 0 Å². The number of hydrogen-bond donors (Lipinski definition) is 0. The Balaban J connectivity index is 1.22. The van der Waals surface area contributed by atoms with E-state index >= 15 is 4.57 Å². The van der Waals surface area contributed by atoms with Crippen molar-refractivity contribution in [3.63, 3.8) is 0 Å². The second-order valence-corrected chi connectivity index (χ2v) is 15.3. The van der Waals surface area contributed by atoms with E-state index in [9.17, 15) is 0 Å². The molecule has 10 rings (SSSR count). The zero-order chi connectivity index (χ0) is 32.5. The number of imidazole rings is 1. The Labute approximate surface area is 284 Å². The predicted octanol–water partition coefficient (Wildman–Crippen LogP) is 10.3. The first-order valence-corrected chi connectivity index (χ1v) is 18.3. The van der Waals surface area contributed by atoms with Crippen LogP contribution in [0.15, 0.2) is 176 Å². The zero-order valence-electron chi connectivity index (χ0n) is 26.5. The van der Waals surface area contributed by atoms with Crippen molar-refractivity contribution in [3.8, 4) is 39.3 Å². The molecular formula is C45H29N2OP. The van der Waals surface area contributed by atoms with Crippen molar-refractivity contribution in [3.05, 3.63) is 176 Å². The van der Waals surface area contributed by atoms with Crippen LogP contribution in [0, 0.1) is 0 Å². The topological polar surface area (TPSA) is 34.9 Å². The van der Waals surface area contributed by atoms with Crippen LogP contribution in [0.25, 0.3) is 71.9 Å². The monoisotopic (exact) mass is 644 g/mol. The molecule has 0 radical (unpaired) electrons. The second-order valence-electron chi connectivity index (χ2n) is 12.7. The van der Waals surface area contributed by atoms with E-state index in [4.69, 9.17) is 4.98 Å². The SMILES string of the molecule is O=P1(c2ccccc2)c2c(-c3ccc(-c4cc5ccccc5c5ccccc45)cc3)cccc2-n2c(-c3ccccc3)nc3cccc1c32. The van der Waals surface area contributed by atoms with E-state index in [2.05, 4.69) is 114 Å². The fourth-order valence-electron chi connectivity index (χ4n) is 7.80. The van der Waals surface area contributed by atoms with Crippen LogP contribution < -0.4 is 15.9 Å². The van der Waals surface area contributed by atoms with Crippen LogP contribution >= 0.6 is 7.14 Å². The molecule has 8 aromatic carbocycles. The van der Waals surface area contributed by atoms with Crippen LogP contribution in [0.3, 0.4) is 0 Å². The first-order chi connectivity index (χ1) is 24.2. The van der Waals surface area contributed by atoms with Gasteiger partial charge in [-0.1, -0.05) is 152 Å². The summed E-state index contributed by atoms with van der Waals surface area (Å²) in [5.41, 5.74) is 8.03. The van der Waals surface area contributed by atoms with Gasteiger partial charge >= 0.3 is 0 Å².